The highest BCUT2D eigenvalue weighted by atomic mass is 14.6. The maximum atomic E-state index is 6.52. The van der Waals surface area contributed by atoms with Crippen molar-refractivity contribution >= 4 is 0 Å². The Labute approximate surface area is 168 Å². The summed E-state index contributed by atoms with van der Waals surface area (Å²) in [5, 5.41) is 0. The molecule has 5 rings (SSSR count). The normalized spacial score (nSPS) is 19.2. The number of rotatable bonds is 3. The second kappa shape index (κ2) is 6.10. The molecule has 2 aromatic rings. The van der Waals surface area contributed by atoms with Crippen LogP contribution in [0, 0.1) is 0 Å². The van der Waals surface area contributed by atoms with Gasteiger partial charge in [0.2, 0.25) is 0 Å². The monoisotopic (exact) mass is 365 g/mol. The Morgan fingerprint density at radius 2 is 1.57 bits per heavy atom. The van der Waals surface area contributed by atoms with Crippen LogP contribution in [0.3, 0.4) is 0 Å². The zero-order valence-electron chi connectivity index (χ0n) is 17.0. The number of hydrogen-bond acceptors (Lipinski definition) is 1. The SMILES string of the molecule is CC/C=C\C1=C(CC)C2=C(C(C)=C(N)C2)C12c1ccccc1-c1ccccc12. The first-order chi connectivity index (χ1) is 13.7. The summed E-state index contributed by atoms with van der Waals surface area (Å²) in [4.78, 5) is 0. The third-order valence-electron chi connectivity index (χ3n) is 6.82. The summed E-state index contributed by atoms with van der Waals surface area (Å²) in [6.07, 6.45) is 7.69. The minimum Gasteiger partial charge on any atom is -0.402 e. The topological polar surface area (TPSA) is 26.0 Å². The molecule has 0 radical (unpaired) electrons. The van der Waals surface area contributed by atoms with Crippen molar-refractivity contribution in [1.29, 1.82) is 0 Å². The van der Waals surface area contributed by atoms with Crippen LogP contribution >= 0.6 is 0 Å². The lowest BCUT2D eigenvalue weighted by Gasteiger charge is -2.34. The van der Waals surface area contributed by atoms with Gasteiger partial charge < -0.3 is 5.73 Å². The number of hydrogen-bond donors (Lipinski definition) is 1. The van der Waals surface area contributed by atoms with Crippen molar-refractivity contribution in [3.05, 3.63) is 105 Å². The van der Waals surface area contributed by atoms with Gasteiger partial charge in [-0.25, -0.2) is 0 Å². The fraction of sp³-hybridized carbons (Fsp3) is 0.259. The molecule has 0 saturated carbocycles. The van der Waals surface area contributed by atoms with Crippen molar-refractivity contribution < 1.29 is 0 Å². The van der Waals surface area contributed by atoms with Crippen LogP contribution in [0.2, 0.25) is 0 Å². The predicted octanol–water partition coefficient (Wildman–Crippen LogP) is 6.57. The first kappa shape index (κ1) is 17.3. The molecule has 0 unspecified atom stereocenters. The highest BCUT2D eigenvalue weighted by Crippen LogP contribution is 2.65. The Balaban J connectivity index is 1.96. The van der Waals surface area contributed by atoms with E-state index in [0.29, 0.717) is 0 Å². The molecule has 0 fully saturated rings. The van der Waals surface area contributed by atoms with Gasteiger partial charge in [0.05, 0.1) is 5.41 Å². The molecule has 1 spiro atoms. The lowest BCUT2D eigenvalue weighted by atomic mass is 9.67. The Morgan fingerprint density at radius 3 is 2.14 bits per heavy atom. The Bertz CT molecular complexity index is 1070. The van der Waals surface area contributed by atoms with E-state index in [4.69, 9.17) is 5.73 Å². The Morgan fingerprint density at radius 1 is 0.964 bits per heavy atom. The van der Waals surface area contributed by atoms with Gasteiger partial charge in [-0.3, -0.25) is 0 Å². The quantitative estimate of drug-likeness (QED) is 0.654. The van der Waals surface area contributed by atoms with Crippen molar-refractivity contribution in [2.45, 2.75) is 45.4 Å². The van der Waals surface area contributed by atoms with Gasteiger partial charge in [0.1, 0.15) is 0 Å². The number of allylic oxidation sites excluding steroid dienone is 7. The smallest absolute Gasteiger partial charge is 0.0722 e. The van der Waals surface area contributed by atoms with E-state index in [1.165, 1.54) is 50.1 Å². The molecular weight excluding hydrogens is 338 g/mol. The van der Waals surface area contributed by atoms with Gasteiger partial charge in [0.25, 0.3) is 0 Å². The zero-order valence-corrected chi connectivity index (χ0v) is 17.0. The highest BCUT2D eigenvalue weighted by Gasteiger charge is 2.54. The zero-order chi connectivity index (χ0) is 19.5. The summed E-state index contributed by atoms with van der Waals surface area (Å²) in [7, 11) is 0. The minimum absolute atomic E-state index is 0.218. The Hall–Kier alpha value is -2.80. The van der Waals surface area contributed by atoms with E-state index in [0.717, 1.165) is 25.0 Å². The van der Waals surface area contributed by atoms with Gasteiger partial charge in [-0.15, -0.1) is 0 Å². The molecule has 0 saturated heterocycles. The molecule has 2 N–H and O–H groups in total. The standard InChI is InChI=1S/C27H27N/c1-4-6-13-22-18(5-2)21-16-25(28)17(3)26(21)27(22)23-14-9-7-11-19(23)20-12-8-10-15-24(20)27/h6-15H,4-5,16,28H2,1-3H3/b13-6-. The first-order valence-electron chi connectivity index (χ1n) is 10.4. The molecule has 3 aliphatic carbocycles. The molecule has 1 heteroatoms. The van der Waals surface area contributed by atoms with Crippen molar-refractivity contribution in [2.24, 2.45) is 5.73 Å². The highest BCUT2D eigenvalue weighted by molar-refractivity contribution is 5.91. The second-order valence-corrected chi connectivity index (χ2v) is 8.08. The summed E-state index contributed by atoms with van der Waals surface area (Å²) in [5.74, 6) is 0. The molecule has 2 aromatic carbocycles. The molecule has 3 aliphatic rings. The van der Waals surface area contributed by atoms with Gasteiger partial charge in [-0.2, -0.15) is 0 Å². The van der Waals surface area contributed by atoms with Crippen molar-refractivity contribution in [1.82, 2.24) is 0 Å². The fourth-order valence-corrected chi connectivity index (χ4v) is 5.75. The van der Waals surface area contributed by atoms with Gasteiger partial charge >= 0.3 is 0 Å². The predicted molar refractivity (Wildman–Crippen MR) is 118 cm³/mol. The number of benzene rings is 2. The Kier molecular flexibility index (Phi) is 3.77. The molecule has 140 valence electrons. The first-order valence-corrected chi connectivity index (χ1v) is 10.4. The van der Waals surface area contributed by atoms with Crippen molar-refractivity contribution in [3.63, 3.8) is 0 Å². The lowest BCUT2D eigenvalue weighted by Crippen LogP contribution is -2.28. The minimum atomic E-state index is -0.218. The molecule has 28 heavy (non-hydrogen) atoms. The van der Waals surface area contributed by atoms with Gasteiger partial charge in [-0.1, -0.05) is 74.5 Å². The van der Waals surface area contributed by atoms with Crippen LogP contribution in [0.1, 0.15) is 51.2 Å². The average Bonchev–Trinajstić information content (AvgIpc) is 3.28. The summed E-state index contributed by atoms with van der Waals surface area (Å²) in [6, 6.07) is 17.9. The van der Waals surface area contributed by atoms with Gasteiger partial charge in [0.15, 0.2) is 0 Å². The van der Waals surface area contributed by atoms with Gasteiger partial charge in [-0.05, 0) is 69.9 Å². The van der Waals surface area contributed by atoms with E-state index in [1.54, 1.807) is 0 Å². The fourth-order valence-electron chi connectivity index (χ4n) is 5.75. The van der Waals surface area contributed by atoms with E-state index in [9.17, 15) is 0 Å². The maximum absolute atomic E-state index is 6.52. The summed E-state index contributed by atoms with van der Waals surface area (Å²) in [5.41, 5.74) is 20.1. The van der Waals surface area contributed by atoms with Crippen LogP contribution in [0.15, 0.2) is 94.2 Å². The number of fused-ring (bicyclic) bond motifs is 6. The van der Waals surface area contributed by atoms with Crippen molar-refractivity contribution in [3.8, 4) is 11.1 Å². The second-order valence-electron chi connectivity index (χ2n) is 8.08. The molecular formula is C27H27N. The summed E-state index contributed by atoms with van der Waals surface area (Å²) in [6.45, 7) is 6.73. The largest absolute Gasteiger partial charge is 0.402 e. The van der Waals surface area contributed by atoms with E-state index in [1.807, 2.05) is 0 Å². The van der Waals surface area contributed by atoms with E-state index in [-0.39, 0.29) is 5.41 Å². The average molecular weight is 366 g/mol. The summed E-state index contributed by atoms with van der Waals surface area (Å²) >= 11 is 0. The molecule has 0 amide bonds. The van der Waals surface area contributed by atoms with Crippen LogP contribution in [0.4, 0.5) is 0 Å². The van der Waals surface area contributed by atoms with Crippen LogP contribution < -0.4 is 5.73 Å². The van der Waals surface area contributed by atoms with Crippen LogP contribution in [0.25, 0.3) is 11.1 Å². The van der Waals surface area contributed by atoms with E-state index < -0.39 is 0 Å². The molecule has 0 bridgehead atoms. The van der Waals surface area contributed by atoms with Gasteiger partial charge in [0, 0.05) is 12.1 Å². The van der Waals surface area contributed by atoms with Crippen molar-refractivity contribution in [2.75, 3.05) is 0 Å². The molecule has 0 aromatic heterocycles. The van der Waals surface area contributed by atoms with Crippen LogP contribution in [-0.4, -0.2) is 0 Å². The maximum Gasteiger partial charge on any atom is 0.0722 e. The van der Waals surface area contributed by atoms with Crippen LogP contribution in [-0.2, 0) is 5.41 Å². The molecule has 0 aliphatic heterocycles. The summed E-state index contributed by atoms with van der Waals surface area (Å²) < 4.78 is 0. The molecule has 0 heterocycles. The van der Waals surface area contributed by atoms with Crippen LogP contribution in [0.5, 0.6) is 0 Å². The lowest BCUT2D eigenvalue weighted by molar-refractivity contribution is 0.763. The van der Waals surface area contributed by atoms with E-state index in [2.05, 4.69) is 81.5 Å². The van der Waals surface area contributed by atoms with E-state index >= 15 is 0 Å². The number of nitrogens with two attached hydrogens (primary N) is 1. The third-order valence-corrected chi connectivity index (χ3v) is 6.82. The third kappa shape index (κ3) is 1.92. The molecule has 1 nitrogen and oxygen atoms in total. The molecule has 0 atom stereocenters.